The highest BCUT2D eigenvalue weighted by Gasteiger charge is 2.18. The molecule has 0 spiro atoms. The van der Waals surface area contributed by atoms with Gasteiger partial charge in [0.25, 0.3) is 5.56 Å². The molecule has 0 bridgehead atoms. The van der Waals surface area contributed by atoms with Crippen molar-refractivity contribution in [3.8, 4) is 11.5 Å². The number of amides is 1. The Hall–Kier alpha value is -4.26. The summed E-state index contributed by atoms with van der Waals surface area (Å²) in [6, 6.07) is 21.0. The lowest BCUT2D eigenvalue weighted by Gasteiger charge is -2.21. The summed E-state index contributed by atoms with van der Waals surface area (Å²) >= 11 is 0. The van der Waals surface area contributed by atoms with Crippen molar-refractivity contribution in [1.82, 2.24) is 4.57 Å². The molecule has 7 nitrogen and oxygen atoms in total. The zero-order valence-corrected chi connectivity index (χ0v) is 19.8. The minimum atomic E-state index is -0.277. The normalized spacial score (nSPS) is 12.4. The molecule has 2 N–H and O–H groups in total. The fourth-order valence-electron chi connectivity index (χ4n) is 4.17. The number of aromatic nitrogens is 1. The number of benzene rings is 3. The number of ether oxygens (including phenoxy) is 2. The number of hydrogen-bond acceptors (Lipinski definition) is 5. The summed E-state index contributed by atoms with van der Waals surface area (Å²) in [7, 11) is 0. The number of pyridine rings is 1. The van der Waals surface area contributed by atoms with Gasteiger partial charge >= 0.3 is 0 Å². The van der Waals surface area contributed by atoms with E-state index in [-0.39, 0.29) is 18.0 Å². The van der Waals surface area contributed by atoms with E-state index in [4.69, 9.17) is 9.47 Å². The van der Waals surface area contributed by atoms with Gasteiger partial charge in [-0.1, -0.05) is 35.9 Å². The van der Waals surface area contributed by atoms with Gasteiger partial charge < -0.3 is 20.1 Å². The first kappa shape index (κ1) is 22.5. The predicted octanol–water partition coefficient (Wildman–Crippen LogP) is 4.64. The standard InChI is InChI=1S/C28H27N3O4/c1-18-7-9-22(10-8-18)29-16-21-13-20-14-25-26(35-12-11-34-25)15-24(20)31(28(21)33)17-27(32)30-23-6-4-3-5-19(23)2/h3-10,13-15,29H,11-12,16-17H2,1-2H3,(H,30,32). The van der Waals surface area contributed by atoms with E-state index < -0.39 is 0 Å². The van der Waals surface area contributed by atoms with Gasteiger partial charge in [-0.05, 0) is 49.7 Å². The van der Waals surface area contributed by atoms with Gasteiger partial charge in [0, 0.05) is 34.9 Å². The Balaban J connectivity index is 1.52. The SMILES string of the molecule is Cc1ccc(NCc2cc3cc4c(cc3n(CC(=O)Nc3ccccc3C)c2=O)OCCO4)cc1. The van der Waals surface area contributed by atoms with Crippen molar-refractivity contribution in [2.24, 2.45) is 0 Å². The average molecular weight is 470 g/mol. The molecule has 1 aliphatic heterocycles. The van der Waals surface area contributed by atoms with Crippen LogP contribution in [0.2, 0.25) is 0 Å². The van der Waals surface area contributed by atoms with E-state index in [1.54, 1.807) is 6.07 Å². The van der Waals surface area contributed by atoms with E-state index in [0.29, 0.717) is 42.3 Å². The van der Waals surface area contributed by atoms with Crippen LogP contribution in [-0.4, -0.2) is 23.7 Å². The Kier molecular flexibility index (Phi) is 6.14. The first-order chi connectivity index (χ1) is 17.0. The lowest BCUT2D eigenvalue weighted by atomic mass is 10.1. The Labute approximate surface area is 203 Å². The highest BCUT2D eigenvalue weighted by atomic mass is 16.6. The lowest BCUT2D eigenvalue weighted by Crippen LogP contribution is -2.31. The first-order valence-electron chi connectivity index (χ1n) is 11.6. The second-order valence-corrected chi connectivity index (χ2v) is 8.70. The molecule has 1 amide bonds. The number of fused-ring (bicyclic) bond motifs is 2. The number of nitrogens with one attached hydrogen (secondary N) is 2. The van der Waals surface area contributed by atoms with Crippen LogP contribution in [0.1, 0.15) is 16.7 Å². The van der Waals surface area contributed by atoms with Gasteiger partial charge in [-0.15, -0.1) is 0 Å². The molecule has 1 aromatic heterocycles. The van der Waals surface area contributed by atoms with Crippen molar-refractivity contribution >= 4 is 28.2 Å². The van der Waals surface area contributed by atoms with Crippen molar-refractivity contribution < 1.29 is 14.3 Å². The number of rotatable bonds is 6. The van der Waals surface area contributed by atoms with Crippen LogP contribution in [0, 0.1) is 13.8 Å². The van der Waals surface area contributed by atoms with Gasteiger partial charge in [0.05, 0.1) is 5.52 Å². The molecule has 35 heavy (non-hydrogen) atoms. The van der Waals surface area contributed by atoms with E-state index in [0.717, 1.165) is 27.9 Å². The molecule has 1 aliphatic rings. The summed E-state index contributed by atoms with van der Waals surface area (Å²) in [6.45, 7) is 5.07. The third kappa shape index (κ3) is 4.84. The monoisotopic (exact) mass is 469 g/mol. The number of para-hydroxylation sites is 1. The summed E-state index contributed by atoms with van der Waals surface area (Å²) in [6.07, 6.45) is 0. The maximum atomic E-state index is 13.6. The molecule has 5 rings (SSSR count). The maximum absolute atomic E-state index is 13.6. The smallest absolute Gasteiger partial charge is 0.256 e. The average Bonchev–Trinajstić information content (AvgIpc) is 2.86. The molecule has 2 heterocycles. The highest BCUT2D eigenvalue weighted by Crippen LogP contribution is 2.34. The second-order valence-electron chi connectivity index (χ2n) is 8.70. The van der Waals surface area contributed by atoms with Crippen LogP contribution in [0.5, 0.6) is 11.5 Å². The quantitative estimate of drug-likeness (QED) is 0.430. The largest absolute Gasteiger partial charge is 0.486 e. The predicted molar refractivity (Wildman–Crippen MR) is 138 cm³/mol. The van der Waals surface area contributed by atoms with Crippen molar-refractivity contribution in [2.45, 2.75) is 26.9 Å². The zero-order chi connectivity index (χ0) is 24.4. The van der Waals surface area contributed by atoms with Crippen LogP contribution < -0.4 is 25.7 Å². The zero-order valence-electron chi connectivity index (χ0n) is 19.8. The molecule has 3 aromatic carbocycles. The Morgan fingerprint density at radius 1 is 0.943 bits per heavy atom. The molecule has 0 fully saturated rings. The van der Waals surface area contributed by atoms with Crippen molar-refractivity contribution in [3.05, 3.63) is 93.8 Å². The van der Waals surface area contributed by atoms with Crippen LogP contribution in [-0.2, 0) is 17.9 Å². The highest BCUT2D eigenvalue weighted by molar-refractivity contribution is 5.93. The van der Waals surface area contributed by atoms with E-state index >= 15 is 0 Å². The molecule has 0 radical (unpaired) electrons. The van der Waals surface area contributed by atoms with Crippen molar-refractivity contribution in [3.63, 3.8) is 0 Å². The van der Waals surface area contributed by atoms with Gasteiger partial charge in [-0.25, -0.2) is 0 Å². The van der Waals surface area contributed by atoms with E-state index in [2.05, 4.69) is 10.6 Å². The molecule has 0 atom stereocenters. The summed E-state index contributed by atoms with van der Waals surface area (Å²) in [5, 5.41) is 7.04. The van der Waals surface area contributed by atoms with E-state index in [1.165, 1.54) is 4.57 Å². The van der Waals surface area contributed by atoms with Crippen molar-refractivity contribution in [2.75, 3.05) is 23.8 Å². The molecular formula is C28H27N3O4. The van der Waals surface area contributed by atoms with E-state index in [1.807, 2.05) is 74.5 Å². The van der Waals surface area contributed by atoms with Crippen LogP contribution >= 0.6 is 0 Å². The molecule has 178 valence electrons. The summed E-state index contributed by atoms with van der Waals surface area (Å²) in [5.74, 6) is 0.929. The van der Waals surface area contributed by atoms with Gasteiger partial charge in [-0.2, -0.15) is 0 Å². The minimum Gasteiger partial charge on any atom is -0.486 e. The molecule has 4 aromatic rings. The van der Waals surface area contributed by atoms with Crippen molar-refractivity contribution in [1.29, 1.82) is 0 Å². The number of nitrogens with zero attached hydrogens (tertiary/aromatic N) is 1. The van der Waals surface area contributed by atoms with Gasteiger partial charge in [0.2, 0.25) is 5.91 Å². The van der Waals surface area contributed by atoms with Gasteiger partial charge in [-0.3, -0.25) is 14.2 Å². The third-order valence-corrected chi connectivity index (χ3v) is 6.09. The molecule has 0 saturated heterocycles. The minimum absolute atomic E-state index is 0.123. The van der Waals surface area contributed by atoms with Gasteiger partial charge in [0.1, 0.15) is 19.8 Å². The third-order valence-electron chi connectivity index (χ3n) is 6.09. The number of carbonyl (C=O) groups is 1. The second kappa shape index (κ2) is 9.54. The molecular weight excluding hydrogens is 442 g/mol. The summed E-state index contributed by atoms with van der Waals surface area (Å²) in [4.78, 5) is 26.6. The maximum Gasteiger partial charge on any atom is 0.256 e. The van der Waals surface area contributed by atoms with Crippen LogP contribution in [0.4, 0.5) is 11.4 Å². The summed E-state index contributed by atoms with van der Waals surface area (Å²) < 4.78 is 13.0. The number of anilines is 2. The van der Waals surface area contributed by atoms with Crippen LogP contribution in [0.25, 0.3) is 10.9 Å². The lowest BCUT2D eigenvalue weighted by molar-refractivity contribution is -0.116. The number of hydrogen-bond donors (Lipinski definition) is 2. The first-order valence-corrected chi connectivity index (χ1v) is 11.6. The molecule has 7 heteroatoms. The summed E-state index contributed by atoms with van der Waals surface area (Å²) in [5.41, 5.74) is 4.71. The topological polar surface area (TPSA) is 81.6 Å². The fraction of sp³-hybridized carbons (Fsp3) is 0.214. The van der Waals surface area contributed by atoms with E-state index in [9.17, 15) is 9.59 Å². The Bertz CT molecular complexity index is 1460. The number of carbonyl (C=O) groups excluding carboxylic acids is 1. The fourth-order valence-corrected chi connectivity index (χ4v) is 4.17. The van der Waals surface area contributed by atoms with Crippen LogP contribution in [0.15, 0.2) is 71.5 Å². The van der Waals surface area contributed by atoms with Crippen LogP contribution in [0.3, 0.4) is 0 Å². The molecule has 0 aliphatic carbocycles. The Morgan fingerprint density at radius 3 is 2.40 bits per heavy atom. The number of aryl methyl sites for hydroxylation is 2. The Morgan fingerprint density at radius 2 is 1.66 bits per heavy atom. The van der Waals surface area contributed by atoms with Gasteiger partial charge in [0.15, 0.2) is 11.5 Å². The molecule has 0 unspecified atom stereocenters. The molecule has 0 saturated carbocycles.